The molecule has 2 atom stereocenters. The molecule has 0 aliphatic carbocycles. The fraction of sp³-hybridized carbons (Fsp3) is 0.778. The van der Waals surface area contributed by atoms with Crippen molar-refractivity contribution in [3.05, 3.63) is 18.7 Å². The van der Waals surface area contributed by atoms with Crippen molar-refractivity contribution in [2.24, 2.45) is 10.9 Å². The Morgan fingerprint density at radius 1 is 1.32 bits per heavy atom. The molecule has 162 valence electrons. The van der Waals surface area contributed by atoms with Gasteiger partial charge < -0.3 is 14.8 Å². The second-order valence-electron chi connectivity index (χ2n) is 6.93. The highest BCUT2D eigenvalue weighted by Gasteiger charge is 2.29. The average Bonchev–Trinajstić information content (AvgIpc) is 3.16. The molecule has 0 spiro atoms. The number of nitrogens with one attached hydrogen (secondary N) is 1. The van der Waals surface area contributed by atoms with Gasteiger partial charge in [0.15, 0.2) is 5.96 Å². The Balaban J connectivity index is 0.00000392. The number of hydrogen-bond acceptors (Lipinski definition) is 4. The monoisotopic (exact) mass is 526 g/mol. The number of aliphatic imine (C=N–C) groups is 1. The molecule has 0 bridgehead atoms. The van der Waals surface area contributed by atoms with Crippen LogP contribution < -0.4 is 5.32 Å². The Labute approximate surface area is 186 Å². The van der Waals surface area contributed by atoms with E-state index in [1.165, 1.54) is 4.31 Å². The lowest BCUT2D eigenvalue weighted by molar-refractivity contribution is 0.189. The molecule has 1 fully saturated rings. The van der Waals surface area contributed by atoms with Crippen LogP contribution in [0.2, 0.25) is 0 Å². The van der Waals surface area contributed by atoms with Crippen LogP contribution in [0.15, 0.2) is 23.7 Å². The summed E-state index contributed by atoms with van der Waals surface area (Å²) in [6.07, 6.45) is 6.74. The van der Waals surface area contributed by atoms with E-state index < -0.39 is 10.0 Å². The maximum absolute atomic E-state index is 12.4. The SMILES string of the molecule is CCNC(=NCCS(=O)(=O)N(CC)CC)N1CCC(C)C(n2ccnc2)C1.I. The Morgan fingerprint density at radius 3 is 2.61 bits per heavy atom. The number of guanidine groups is 1. The largest absolute Gasteiger partial charge is 0.357 e. The molecule has 1 aliphatic heterocycles. The predicted molar refractivity (Wildman–Crippen MR) is 125 cm³/mol. The predicted octanol–water partition coefficient (Wildman–Crippen LogP) is 2.02. The smallest absolute Gasteiger partial charge is 0.215 e. The van der Waals surface area contributed by atoms with Gasteiger partial charge >= 0.3 is 0 Å². The van der Waals surface area contributed by atoms with Crippen LogP contribution in [-0.2, 0) is 10.0 Å². The quantitative estimate of drug-likeness (QED) is 0.319. The van der Waals surface area contributed by atoms with Crippen LogP contribution in [0.4, 0.5) is 0 Å². The minimum absolute atomic E-state index is 0. The first kappa shape index (κ1) is 25.2. The van der Waals surface area contributed by atoms with Crippen LogP contribution in [0, 0.1) is 5.92 Å². The molecule has 1 saturated heterocycles. The normalized spacial score (nSPS) is 20.9. The van der Waals surface area contributed by atoms with Gasteiger partial charge in [0.05, 0.1) is 24.7 Å². The van der Waals surface area contributed by atoms with Crippen molar-refractivity contribution in [2.75, 3.05) is 45.0 Å². The molecule has 2 heterocycles. The fourth-order valence-electron chi connectivity index (χ4n) is 3.53. The third kappa shape index (κ3) is 6.58. The number of piperidine rings is 1. The van der Waals surface area contributed by atoms with Gasteiger partial charge in [-0.3, -0.25) is 4.99 Å². The average molecular weight is 526 g/mol. The van der Waals surface area contributed by atoms with Gasteiger partial charge in [0.2, 0.25) is 10.0 Å². The van der Waals surface area contributed by atoms with E-state index in [0.29, 0.717) is 25.0 Å². The van der Waals surface area contributed by atoms with Gasteiger partial charge in [-0.25, -0.2) is 17.7 Å². The standard InChI is InChI=1S/C18H34N6O2S.HI/c1-5-20-18(21-10-13-27(25,26)24(6-2)7-3)22-11-8-16(4)17(14-22)23-12-9-19-15-23;/h9,12,15-17H,5-8,10-11,13-14H2,1-4H3,(H,20,21);1H. The van der Waals surface area contributed by atoms with Gasteiger partial charge in [0.1, 0.15) is 0 Å². The van der Waals surface area contributed by atoms with Crippen LogP contribution in [0.1, 0.15) is 40.2 Å². The summed E-state index contributed by atoms with van der Waals surface area (Å²) in [5.74, 6) is 1.39. The summed E-state index contributed by atoms with van der Waals surface area (Å²) in [7, 11) is -3.25. The first-order chi connectivity index (χ1) is 12.9. The molecular formula is C18H35IN6O2S. The molecule has 1 aliphatic rings. The van der Waals surface area contributed by atoms with Crippen molar-refractivity contribution in [3.63, 3.8) is 0 Å². The number of halogens is 1. The molecule has 8 nitrogen and oxygen atoms in total. The van der Waals surface area contributed by atoms with Crippen molar-refractivity contribution in [3.8, 4) is 0 Å². The summed E-state index contributed by atoms with van der Waals surface area (Å²) >= 11 is 0. The molecule has 2 rings (SSSR count). The summed E-state index contributed by atoms with van der Waals surface area (Å²) < 4.78 is 28.4. The number of nitrogens with zero attached hydrogens (tertiary/aromatic N) is 5. The summed E-state index contributed by atoms with van der Waals surface area (Å²) in [6, 6.07) is 0.338. The van der Waals surface area contributed by atoms with Gasteiger partial charge in [-0.05, 0) is 19.3 Å². The number of likely N-dealkylation sites (tertiary alicyclic amines) is 1. The maximum Gasteiger partial charge on any atom is 0.215 e. The molecule has 1 N–H and O–H groups in total. The molecule has 0 radical (unpaired) electrons. The Hall–Kier alpha value is -0.880. The van der Waals surface area contributed by atoms with E-state index in [4.69, 9.17) is 0 Å². The second kappa shape index (κ2) is 12.0. The van der Waals surface area contributed by atoms with Crippen molar-refractivity contribution < 1.29 is 8.42 Å². The number of sulfonamides is 1. The van der Waals surface area contributed by atoms with Crippen molar-refractivity contribution in [2.45, 2.75) is 40.2 Å². The maximum atomic E-state index is 12.4. The minimum atomic E-state index is -3.25. The van der Waals surface area contributed by atoms with E-state index in [9.17, 15) is 8.42 Å². The van der Waals surface area contributed by atoms with Gasteiger partial charge in [-0.2, -0.15) is 0 Å². The van der Waals surface area contributed by atoms with Gasteiger partial charge in [0.25, 0.3) is 0 Å². The highest BCUT2D eigenvalue weighted by atomic mass is 127. The van der Waals surface area contributed by atoms with Crippen molar-refractivity contribution in [1.82, 2.24) is 24.1 Å². The van der Waals surface area contributed by atoms with Crippen LogP contribution in [0.5, 0.6) is 0 Å². The number of rotatable bonds is 8. The fourth-order valence-corrected chi connectivity index (χ4v) is 4.90. The number of aromatic nitrogens is 2. The third-order valence-corrected chi connectivity index (χ3v) is 7.17. The van der Waals surface area contributed by atoms with E-state index in [2.05, 4.69) is 31.7 Å². The van der Waals surface area contributed by atoms with Crippen molar-refractivity contribution >= 4 is 40.0 Å². The van der Waals surface area contributed by atoms with E-state index in [0.717, 1.165) is 32.0 Å². The molecule has 0 amide bonds. The van der Waals surface area contributed by atoms with E-state index in [1.807, 2.05) is 39.5 Å². The second-order valence-corrected chi connectivity index (χ2v) is 9.01. The number of imidazole rings is 1. The van der Waals surface area contributed by atoms with E-state index >= 15 is 0 Å². The summed E-state index contributed by atoms with van der Waals surface area (Å²) in [4.78, 5) is 11.0. The summed E-state index contributed by atoms with van der Waals surface area (Å²) in [5.41, 5.74) is 0. The highest BCUT2D eigenvalue weighted by molar-refractivity contribution is 14.0. The molecule has 0 saturated carbocycles. The van der Waals surface area contributed by atoms with E-state index in [1.54, 1.807) is 0 Å². The Kier molecular flexibility index (Phi) is 10.7. The van der Waals surface area contributed by atoms with Crippen LogP contribution >= 0.6 is 24.0 Å². The molecular weight excluding hydrogens is 491 g/mol. The topological polar surface area (TPSA) is 82.8 Å². The third-order valence-electron chi connectivity index (χ3n) is 5.17. The zero-order valence-electron chi connectivity index (χ0n) is 17.4. The van der Waals surface area contributed by atoms with Gasteiger partial charge in [-0.1, -0.05) is 20.8 Å². The van der Waals surface area contributed by atoms with Crippen molar-refractivity contribution in [1.29, 1.82) is 0 Å². The van der Waals surface area contributed by atoms with Crippen LogP contribution in [0.3, 0.4) is 0 Å². The van der Waals surface area contributed by atoms with E-state index in [-0.39, 0.29) is 36.3 Å². The lowest BCUT2D eigenvalue weighted by Crippen LogP contribution is -2.49. The molecule has 28 heavy (non-hydrogen) atoms. The first-order valence-corrected chi connectivity index (χ1v) is 11.5. The minimum Gasteiger partial charge on any atom is -0.357 e. The highest BCUT2D eigenvalue weighted by Crippen LogP contribution is 2.27. The van der Waals surface area contributed by atoms with Crippen LogP contribution in [-0.4, -0.2) is 78.2 Å². The molecule has 0 aromatic carbocycles. The summed E-state index contributed by atoms with van der Waals surface area (Å²) in [5, 5.41) is 3.32. The zero-order valence-corrected chi connectivity index (χ0v) is 20.6. The first-order valence-electron chi connectivity index (χ1n) is 9.91. The number of hydrogen-bond donors (Lipinski definition) is 1. The van der Waals surface area contributed by atoms with Gasteiger partial charge in [0, 0.05) is 45.1 Å². The molecule has 2 unspecified atom stereocenters. The van der Waals surface area contributed by atoms with Crippen LogP contribution in [0.25, 0.3) is 0 Å². The van der Waals surface area contributed by atoms with Gasteiger partial charge in [-0.15, -0.1) is 24.0 Å². The molecule has 10 heteroatoms. The Bertz CT molecular complexity index is 691. The summed E-state index contributed by atoms with van der Waals surface area (Å²) in [6.45, 7) is 11.8. The zero-order chi connectivity index (χ0) is 19.9. The lowest BCUT2D eigenvalue weighted by atomic mass is 9.93. The lowest BCUT2D eigenvalue weighted by Gasteiger charge is -2.39. The molecule has 1 aromatic heterocycles. The Morgan fingerprint density at radius 2 is 2.04 bits per heavy atom. The molecule has 1 aromatic rings.